The van der Waals surface area contributed by atoms with Crippen LogP contribution in [0.15, 0.2) is 34.9 Å². The van der Waals surface area contributed by atoms with Gasteiger partial charge in [-0.2, -0.15) is 0 Å². The number of hydrogen-bond acceptors (Lipinski definition) is 6. The number of benzene rings is 1. The van der Waals surface area contributed by atoms with Crippen molar-refractivity contribution >= 4 is 35.2 Å². The zero-order chi connectivity index (χ0) is 20.1. The van der Waals surface area contributed by atoms with Gasteiger partial charge in [0.05, 0.1) is 5.92 Å². The highest BCUT2D eigenvalue weighted by Crippen LogP contribution is 2.21. The van der Waals surface area contributed by atoms with Gasteiger partial charge in [0.1, 0.15) is 5.76 Å². The molecule has 0 aliphatic carbocycles. The Balaban J connectivity index is 1.42. The number of anilines is 1. The van der Waals surface area contributed by atoms with Crippen LogP contribution in [0.2, 0.25) is 5.02 Å². The van der Waals surface area contributed by atoms with Crippen molar-refractivity contribution in [1.29, 1.82) is 0 Å². The minimum atomic E-state index is -0.489. The topological polar surface area (TPSA) is 102 Å². The third-order valence-electron chi connectivity index (χ3n) is 4.45. The van der Waals surface area contributed by atoms with E-state index in [1.807, 2.05) is 0 Å². The van der Waals surface area contributed by atoms with Crippen LogP contribution in [0, 0.1) is 12.8 Å². The highest BCUT2D eigenvalue weighted by Gasteiger charge is 2.29. The number of aryl methyl sites for hydroxylation is 1. The smallest absolute Gasteiger partial charge is 0.309 e. The molecule has 3 rings (SSSR count). The second-order valence-corrected chi connectivity index (χ2v) is 6.99. The standard InChI is InChI=1S/C19H20ClN3O5/c1-12-10-16(22-28-12)21-17(24)11-27-19(26)14-6-8-23(9-7-14)18(25)13-2-4-15(20)5-3-13/h2-5,10,14H,6-9,11H2,1H3,(H,21,22,24). The van der Waals surface area contributed by atoms with Gasteiger partial charge in [0.25, 0.3) is 11.8 Å². The van der Waals surface area contributed by atoms with Gasteiger partial charge in [-0.05, 0) is 44.0 Å². The number of esters is 1. The van der Waals surface area contributed by atoms with E-state index in [2.05, 4.69) is 10.5 Å². The molecule has 0 saturated carbocycles. The summed E-state index contributed by atoms with van der Waals surface area (Å²) >= 11 is 5.84. The van der Waals surface area contributed by atoms with Crippen LogP contribution in [-0.4, -0.2) is 47.5 Å². The fourth-order valence-corrected chi connectivity index (χ4v) is 3.08. The zero-order valence-corrected chi connectivity index (χ0v) is 16.1. The summed E-state index contributed by atoms with van der Waals surface area (Å²) in [6, 6.07) is 8.27. The molecule has 1 aromatic carbocycles. The molecule has 1 aliphatic rings. The normalized spacial score (nSPS) is 14.6. The molecule has 1 aliphatic heterocycles. The molecule has 0 radical (unpaired) electrons. The predicted molar refractivity (Wildman–Crippen MR) is 101 cm³/mol. The molecule has 9 heteroatoms. The first-order chi connectivity index (χ1) is 13.4. The molecule has 0 atom stereocenters. The minimum Gasteiger partial charge on any atom is -0.455 e. The second kappa shape index (κ2) is 8.88. The van der Waals surface area contributed by atoms with Crippen LogP contribution in [0.1, 0.15) is 29.0 Å². The van der Waals surface area contributed by atoms with E-state index in [1.165, 1.54) is 0 Å². The van der Waals surface area contributed by atoms with E-state index in [1.54, 1.807) is 42.2 Å². The van der Waals surface area contributed by atoms with Crippen LogP contribution in [0.25, 0.3) is 0 Å². The molecule has 0 bridgehead atoms. The monoisotopic (exact) mass is 405 g/mol. The number of hydrogen-bond donors (Lipinski definition) is 1. The first kappa shape index (κ1) is 19.9. The van der Waals surface area contributed by atoms with Crippen molar-refractivity contribution in [3.05, 3.63) is 46.7 Å². The Hall–Kier alpha value is -2.87. The van der Waals surface area contributed by atoms with Crippen molar-refractivity contribution in [2.75, 3.05) is 25.0 Å². The van der Waals surface area contributed by atoms with E-state index in [4.69, 9.17) is 20.9 Å². The van der Waals surface area contributed by atoms with Crippen LogP contribution in [0.4, 0.5) is 5.82 Å². The molecule has 1 fully saturated rings. The Kier molecular flexibility index (Phi) is 6.30. The van der Waals surface area contributed by atoms with Gasteiger partial charge < -0.3 is 19.5 Å². The van der Waals surface area contributed by atoms with E-state index in [9.17, 15) is 14.4 Å². The summed E-state index contributed by atoms with van der Waals surface area (Å²) in [6.07, 6.45) is 0.977. The van der Waals surface area contributed by atoms with Crippen LogP contribution in [0.3, 0.4) is 0 Å². The number of nitrogens with zero attached hydrogens (tertiary/aromatic N) is 2. The summed E-state index contributed by atoms with van der Waals surface area (Å²) in [6.45, 7) is 2.21. The van der Waals surface area contributed by atoms with E-state index >= 15 is 0 Å². The van der Waals surface area contributed by atoms with E-state index in [0.29, 0.717) is 42.3 Å². The van der Waals surface area contributed by atoms with Crippen LogP contribution < -0.4 is 5.32 Å². The van der Waals surface area contributed by atoms with Gasteiger partial charge in [-0.15, -0.1) is 0 Å². The lowest BCUT2D eigenvalue weighted by Gasteiger charge is -2.31. The second-order valence-electron chi connectivity index (χ2n) is 6.55. The number of amides is 2. The zero-order valence-electron chi connectivity index (χ0n) is 15.3. The van der Waals surface area contributed by atoms with Gasteiger partial charge in [-0.25, -0.2) is 0 Å². The lowest BCUT2D eigenvalue weighted by molar-refractivity contribution is -0.152. The minimum absolute atomic E-state index is 0.0919. The summed E-state index contributed by atoms with van der Waals surface area (Å²) in [5, 5.41) is 6.69. The Labute approximate surface area is 166 Å². The molecule has 1 N–H and O–H groups in total. The molecule has 28 heavy (non-hydrogen) atoms. The van der Waals surface area contributed by atoms with Crippen molar-refractivity contribution in [3.8, 4) is 0 Å². The number of aromatic nitrogens is 1. The van der Waals surface area contributed by atoms with Gasteiger partial charge in [-0.3, -0.25) is 14.4 Å². The van der Waals surface area contributed by atoms with Gasteiger partial charge in [0.15, 0.2) is 12.4 Å². The van der Waals surface area contributed by atoms with Crippen molar-refractivity contribution in [2.45, 2.75) is 19.8 Å². The van der Waals surface area contributed by atoms with Gasteiger partial charge >= 0.3 is 5.97 Å². The van der Waals surface area contributed by atoms with E-state index in [0.717, 1.165) is 0 Å². The molecule has 8 nitrogen and oxygen atoms in total. The third-order valence-corrected chi connectivity index (χ3v) is 4.70. The number of rotatable bonds is 5. The quantitative estimate of drug-likeness (QED) is 0.767. The Bertz CT molecular complexity index is 857. The SMILES string of the molecule is Cc1cc(NC(=O)COC(=O)C2CCN(C(=O)c3ccc(Cl)cc3)CC2)no1. The average Bonchev–Trinajstić information content (AvgIpc) is 3.11. The molecule has 2 amide bonds. The lowest BCUT2D eigenvalue weighted by atomic mass is 9.96. The van der Waals surface area contributed by atoms with Crippen LogP contribution >= 0.6 is 11.6 Å². The van der Waals surface area contributed by atoms with Gasteiger partial charge in [0.2, 0.25) is 0 Å². The lowest BCUT2D eigenvalue weighted by Crippen LogP contribution is -2.41. The number of piperidine rings is 1. The van der Waals surface area contributed by atoms with Gasteiger partial charge in [-0.1, -0.05) is 16.8 Å². The summed E-state index contributed by atoms with van der Waals surface area (Å²) in [4.78, 5) is 38.2. The molecule has 2 aromatic rings. The van der Waals surface area contributed by atoms with Gasteiger partial charge in [0, 0.05) is 29.7 Å². The number of nitrogens with one attached hydrogen (secondary N) is 1. The largest absolute Gasteiger partial charge is 0.455 e. The maximum atomic E-state index is 12.5. The summed E-state index contributed by atoms with van der Waals surface area (Å²) in [5.74, 6) is -0.524. The van der Waals surface area contributed by atoms with Crippen LogP contribution in [-0.2, 0) is 14.3 Å². The van der Waals surface area contributed by atoms with Crippen molar-refractivity contribution < 1.29 is 23.6 Å². The Morgan fingerprint density at radius 2 is 1.93 bits per heavy atom. The Morgan fingerprint density at radius 3 is 2.54 bits per heavy atom. The molecule has 1 aromatic heterocycles. The first-order valence-corrected chi connectivity index (χ1v) is 9.25. The summed E-state index contributed by atoms with van der Waals surface area (Å²) < 4.78 is 9.93. The fourth-order valence-electron chi connectivity index (χ4n) is 2.95. The molecular formula is C19H20ClN3O5. The predicted octanol–water partition coefficient (Wildman–Crippen LogP) is 2.67. The molecule has 1 saturated heterocycles. The Morgan fingerprint density at radius 1 is 1.25 bits per heavy atom. The van der Waals surface area contributed by atoms with Crippen molar-refractivity contribution in [2.24, 2.45) is 5.92 Å². The summed E-state index contributed by atoms with van der Waals surface area (Å²) in [5.41, 5.74) is 0.560. The number of carbonyl (C=O) groups excluding carboxylic acids is 3. The molecule has 2 heterocycles. The molecular weight excluding hydrogens is 386 g/mol. The maximum absolute atomic E-state index is 12.5. The van der Waals surface area contributed by atoms with Crippen LogP contribution in [0.5, 0.6) is 0 Å². The first-order valence-electron chi connectivity index (χ1n) is 8.87. The highest BCUT2D eigenvalue weighted by molar-refractivity contribution is 6.30. The van der Waals surface area contributed by atoms with E-state index in [-0.39, 0.29) is 17.6 Å². The average molecular weight is 406 g/mol. The number of likely N-dealkylation sites (tertiary alicyclic amines) is 1. The van der Waals surface area contributed by atoms with Crippen molar-refractivity contribution in [1.82, 2.24) is 10.1 Å². The number of halogens is 1. The third kappa shape index (κ3) is 5.10. The van der Waals surface area contributed by atoms with Crippen molar-refractivity contribution in [3.63, 3.8) is 0 Å². The highest BCUT2D eigenvalue weighted by atomic mass is 35.5. The fraction of sp³-hybridized carbons (Fsp3) is 0.368. The number of carbonyl (C=O) groups is 3. The molecule has 0 spiro atoms. The van der Waals surface area contributed by atoms with E-state index < -0.39 is 18.5 Å². The number of ether oxygens (including phenoxy) is 1. The summed E-state index contributed by atoms with van der Waals surface area (Å²) in [7, 11) is 0. The molecule has 148 valence electrons. The maximum Gasteiger partial charge on any atom is 0.309 e. The molecule has 0 unspecified atom stereocenters.